The topological polar surface area (TPSA) is 99.3 Å². The van der Waals surface area contributed by atoms with E-state index in [1.165, 1.54) is 25.3 Å². The number of aromatic nitrogens is 1. The lowest BCUT2D eigenvalue weighted by molar-refractivity contribution is 0.0696. The van der Waals surface area contributed by atoms with Gasteiger partial charge in [0.05, 0.1) is 11.3 Å². The monoisotopic (exact) mass is 290 g/mol. The predicted octanol–water partition coefficient (Wildman–Crippen LogP) is 2.31. The van der Waals surface area contributed by atoms with E-state index >= 15 is 0 Å². The number of amides is 1. The van der Waals surface area contributed by atoms with E-state index in [0.717, 1.165) is 12.1 Å². The Balaban J connectivity index is 2.19. The molecule has 7 heteroatoms. The molecule has 3 N–H and O–H groups in total. The van der Waals surface area contributed by atoms with Gasteiger partial charge in [-0.25, -0.2) is 9.18 Å². The largest absolute Gasteiger partial charge is 0.478 e. The fourth-order valence-electron chi connectivity index (χ4n) is 1.67. The van der Waals surface area contributed by atoms with Crippen molar-refractivity contribution in [1.82, 2.24) is 4.98 Å². The highest BCUT2D eigenvalue weighted by atomic mass is 19.1. The third-order valence-corrected chi connectivity index (χ3v) is 2.80. The zero-order chi connectivity index (χ0) is 15.6. The maximum absolute atomic E-state index is 13.7. The zero-order valence-corrected chi connectivity index (χ0v) is 10.9. The minimum atomic E-state index is -1.26. The molecule has 0 aliphatic rings. The molecule has 6 nitrogen and oxygen atoms in total. The van der Waals surface area contributed by atoms with Crippen molar-refractivity contribution in [3.05, 3.63) is 53.1 Å². The third kappa shape index (κ3) is 3.14. The molecule has 0 fully saturated rings. The van der Waals surface area contributed by atoms with E-state index in [1.807, 2.05) is 0 Å². The van der Waals surface area contributed by atoms with Crippen LogP contribution in [-0.2, 0) is 0 Å². The van der Waals surface area contributed by atoms with Crippen LogP contribution >= 0.6 is 0 Å². The molecule has 0 unspecified atom stereocenters. The van der Waals surface area contributed by atoms with Gasteiger partial charge in [-0.05, 0) is 31.2 Å². The van der Waals surface area contributed by atoms with E-state index in [2.05, 4.69) is 10.3 Å². The predicted molar refractivity (Wildman–Crippen MR) is 72.1 cm³/mol. The first-order valence-corrected chi connectivity index (χ1v) is 5.92. The van der Waals surface area contributed by atoms with Crippen molar-refractivity contribution in [2.75, 3.05) is 5.32 Å². The summed E-state index contributed by atoms with van der Waals surface area (Å²) in [5.41, 5.74) is 0.0666. The lowest BCUT2D eigenvalue weighted by atomic mass is 10.2. The van der Waals surface area contributed by atoms with Gasteiger partial charge in [0.25, 0.3) is 5.91 Å². The molecular formula is C14H11FN2O4. The molecule has 1 aromatic carbocycles. The Morgan fingerprint density at radius 3 is 2.43 bits per heavy atom. The Morgan fingerprint density at radius 2 is 1.90 bits per heavy atom. The van der Waals surface area contributed by atoms with Crippen LogP contribution in [0.4, 0.5) is 10.1 Å². The molecule has 1 aromatic heterocycles. The van der Waals surface area contributed by atoms with Crippen LogP contribution in [0.5, 0.6) is 0 Å². The van der Waals surface area contributed by atoms with Gasteiger partial charge in [-0.15, -0.1) is 0 Å². The van der Waals surface area contributed by atoms with Gasteiger partial charge in [0.2, 0.25) is 0 Å². The van der Waals surface area contributed by atoms with Crippen LogP contribution in [0.15, 0.2) is 30.5 Å². The van der Waals surface area contributed by atoms with Crippen LogP contribution in [0.25, 0.3) is 0 Å². The highest BCUT2D eigenvalue weighted by molar-refractivity contribution is 6.05. The number of hydrogen-bond donors (Lipinski definition) is 3. The minimum Gasteiger partial charge on any atom is -0.478 e. The Hall–Kier alpha value is -2.96. The summed E-state index contributed by atoms with van der Waals surface area (Å²) in [6.45, 7) is 1.36. The molecular weight excluding hydrogens is 279 g/mol. The van der Waals surface area contributed by atoms with Crippen molar-refractivity contribution >= 4 is 23.3 Å². The highest BCUT2D eigenvalue weighted by Gasteiger charge is 2.14. The fraction of sp³-hybridized carbons (Fsp3) is 0.0714. The molecule has 0 saturated heterocycles. The maximum atomic E-state index is 13.7. The van der Waals surface area contributed by atoms with Gasteiger partial charge in [-0.3, -0.25) is 9.59 Å². The van der Waals surface area contributed by atoms with Crippen molar-refractivity contribution < 1.29 is 23.9 Å². The summed E-state index contributed by atoms with van der Waals surface area (Å²) in [5.74, 6) is -2.96. The van der Waals surface area contributed by atoms with Gasteiger partial charge in [-0.1, -0.05) is 0 Å². The molecule has 0 bridgehead atoms. The average molecular weight is 290 g/mol. The fourth-order valence-corrected chi connectivity index (χ4v) is 1.67. The second-order valence-corrected chi connectivity index (χ2v) is 4.31. The molecule has 0 aliphatic heterocycles. The molecule has 21 heavy (non-hydrogen) atoms. The summed E-state index contributed by atoms with van der Waals surface area (Å²) in [6.07, 6.45) is 1.38. The quantitative estimate of drug-likeness (QED) is 0.752. The second kappa shape index (κ2) is 5.58. The van der Waals surface area contributed by atoms with Crippen molar-refractivity contribution in [3.63, 3.8) is 0 Å². The van der Waals surface area contributed by atoms with Crippen molar-refractivity contribution in [1.29, 1.82) is 0 Å². The Morgan fingerprint density at radius 1 is 1.19 bits per heavy atom. The summed E-state index contributed by atoms with van der Waals surface area (Å²) < 4.78 is 13.7. The van der Waals surface area contributed by atoms with Crippen LogP contribution in [0.1, 0.15) is 38.1 Å². The van der Waals surface area contributed by atoms with Gasteiger partial charge >= 0.3 is 5.97 Å². The van der Waals surface area contributed by atoms with E-state index in [9.17, 15) is 18.8 Å². The number of hydrogen-bond acceptors (Lipinski definition) is 3. The molecule has 0 spiro atoms. The van der Waals surface area contributed by atoms with Crippen molar-refractivity contribution in [3.8, 4) is 0 Å². The number of carboxylic acids is 1. The van der Waals surface area contributed by atoms with E-state index in [0.29, 0.717) is 5.56 Å². The summed E-state index contributed by atoms with van der Waals surface area (Å²) in [4.78, 5) is 36.3. The van der Waals surface area contributed by atoms with Gasteiger partial charge in [0, 0.05) is 11.8 Å². The number of nitrogens with one attached hydrogen (secondary N) is 2. The maximum Gasteiger partial charge on any atom is 0.335 e. The van der Waals surface area contributed by atoms with Crippen LogP contribution < -0.4 is 5.32 Å². The Labute approximate surface area is 118 Å². The first-order chi connectivity index (χ1) is 9.88. The minimum absolute atomic E-state index is 0.0990. The number of benzene rings is 1. The molecule has 2 rings (SSSR count). The molecule has 2 aromatic rings. The number of ketones is 1. The number of carbonyl (C=O) groups is 3. The van der Waals surface area contributed by atoms with Crippen LogP contribution in [-0.4, -0.2) is 27.8 Å². The van der Waals surface area contributed by atoms with E-state index in [-0.39, 0.29) is 22.7 Å². The number of aromatic amines is 1. The highest BCUT2D eigenvalue weighted by Crippen LogP contribution is 2.17. The summed E-state index contributed by atoms with van der Waals surface area (Å²) in [6, 6.07) is 4.50. The van der Waals surface area contributed by atoms with Gasteiger partial charge in [0.15, 0.2) is 5.78 Å². The molecule has 1 heterocycles. The van der Waals surface area contributed by atoms with Crippen molar-refractivity contribution in [2.24, 2.45) is 0 Å². The van der Waals surface area contributed by atoms with E-state index in [1.54, 1.807) is 0 Å². The molecule has 108 valence electrons. The smallest absolute Gasteiger partial charge is 0.335 e. The lowest BCUT2D eigenvalue weighted by Crippen LogP contribution is -2.13. The molecule has 0 aliphatic carbocycles. The average Bonchev–Trinajstić information content (AvgIpc) is 2.90. The zero-order valence-electron chi connectivity index (χ0n) is 10.9. The van der Waals surface area contributed by atoms with Crippen LogP contribution in [0.3, 0.4) is 0 Å². The Kier molecular flexibility index (Phi) is 3.84. The summed E-state index contributed by atoms with van der Waals surface area (Å²) >= 11 is 0. The lowest BCUT2D eigenvalue weighted by Gasteiger charge is -2.05. The van der Waals surface area contributed by atoms with Gasteiger partial charge in [0.1, 0.15) is 11.5 Å². The number of halogens is 1. The SMILES string of the molecule is CC(=O)c1c[nH]c(C(=O)Nc2ccc(C(=O)O)cc2F)c1. The van der Waals surface area contributed by atoms with Crippen LogP contribution in [0, 0.1) is 5.82 Å². The standard InChI is InChI=1S/C14H11FN2O4/c1-7(18)9-5-12(16-6-9)13(19)17-11-3-2-8(14(20)21)4-10(11)15/h2-6,16H,1H3,(H,17,19)(H,20,21). The van der Waals surface area contributed by atoms with E-state index < -0.39 is 17.7 Å². The molecule has 0 saturated carbocycles. The molecule has 0 atom stereocenters. The first-order valence-electron chi connectivity index (χ1n) is 5.92. The number of H-pyrrole nitrogens is 1. The summed E-state index contributed by atoms with van der Waals surface area (Å²) in [7, 11) is 0. The normalized spacial score (nSPS) is 10.2. The van der Waals surface area contributed by atoms with Gasteiger partial charge < -0.3 is 15.4 Å². The van der Waals surface area contributed by atoms with Gasteiger partial charge in [-0.2, -0.15) is 0 Å². The van der Waals surface area contributed by atoms with Crippen molar-refractivity contribution in [2.45, 2.75) is 6.92 Å². The second-order valence-electron chi connectivity index (χ2n) is 4.31. The molecule has 0 radical (unpaired) electrons. The van der Waals surface area contributed by atoms with Crippen LogP contribution in [0.2, 0.25) is 0 Å². The third-order valence-electron chi connectivity index (χ3n) is 2.80. The number of Topliss-reactive ketones (excluding diaryl/α,β-unsaturated/α-hetero) is 1. The first kappa shape index (κ1) is 14.4. The number of anilines is 1. The number of carbonyl (C=O) groups excluding carboxylic acids is 2. The number of aromatic carboxylic acids is 1. The molecule has 1 amide bonds. The number of rotatable bonds is 4. The number of carboxylic acid groups (broad SMARTS) is 1. The summed E-state index contributed by atoms with van der Waals surface area (Å²) in [5, 5.41) is 11.0. The Bertz CT molecular complexity index is 736. The van der Waals surface area contributed by atoms with E-state index in [4.69, 9.17) is 5.11 Å².